The molecule has 0 aliphatic heterocycles. The van der Waals surface area contributed by atoms with Crippen LogP contribution >= 0.6 is 11.6 Å². The van der Waals surface area contributed by atoms with Gasteiger partial charge in [0.2, 0.25) is 0 Å². The molecule has 0 radical (unpaired) electrons. The summed E-state index contributed by atoms with van der Waals surface area (Å²) in [6.45, 7) is 5.35. The molecule has 0 aliphatic rings. The van der Waals surface area contributed by atoms with Crippen molar-refractivity contribution in [1.29, 1.82) is 5.41 Å². The Labute approximate surface area is 54.9 Å². The first-order chi connectivity index (χ1) is 3.55. The van der Waals surface area contributed by atoms with Gasteiger partial charge in [0.1, 0.15) is 0 Å². The van der Waals surface area contributed by atoms with Crippen molar-refractivity contribution in [3.05, 3.63) is 10.6 Å². The number of hydrogen-bond acceptors (Lipinski definition) is 1. The van der Waals surface area contributed by atoms with Crippen molar-refractivity contribution in [3.63, 3.8) is 0 Å². The number of halogens is 1. The molecule has 2 heteroatoms. The second-order valence-corrected chi connectivity index (χ2v) is 2.35. The third kappa shape index (κ3) is 2.12. The number of allylic oxidation sites excluding steroid dienone is 2. The molecule has 0 aromatic heterocycles. The van der Waals surface area contributed by atoms with Gasteiger partial charge in [0.25, 0.3) is 0 Å². The molecule has 0 atom stereocenters. The molecule has 46 valence electrons. The molecule has 0 bridgehead atoms. The van der Waals surface area contributed by atoms with Crippen LogP contribution in [0, 0.1) is 5.41 Å². The molecule has 0 heterocycles. The van der Waals surface area contributed by atoms with Crippen molar-refractivity contribution in [2.75, 3.05) is 0 Å². The van der Waals surface area contributed by atoms with Gasteiger partial charge in [-0.15, -0.1) is 0 Å². The molecule has 0 fully saturated rings. The lowest BCUT2D eigenvalue weighted by atomic mass is 10.2. The van der Waals surface area contributed by atoms with Gasteiger partial charge >= 0.3 is 0 Å². The standard InChI is InChI=1S/C6H10ClN/c1-4(5(2)7)6(3)8/h8H,1-3H3/b5-4-,8-6?. The highest BCUT2D eigenvalue weighted by molar-refractivity contribution is 6.31. The van der Waals surface area contributed by atoms with E-state index in [2.05, 4.69) is 0 Å². The minimum atomic E-state index is 0.539. The van der Waals surface area contributed by atoms with Gasteiger partial charge in [0, 0.05) is 10.7 Å². The van der Waals surface area contributed by atoms with E-state index in [1.54, 1.807) is 13.8 Å². The van der Waals surface area contributed by atoms with Crippen LogP contribution in [0.1, 0.15) is 20.8 Å². The minimum Gasteiger partial charge on any atom is -0.305 e. The zero-order valence-electron chi connectivity index (χ0n) is 5.38. The second-order valence-electron chi connectivity index (χ2n) is 1.78. The first-order valence-electron chi connectivity index (χ1n) is 2.44. The molecule has 0 saturated carbocycles. The largest absolute Gasteiger partial charge is 0.305 e. The number of rotatable bonds is 1. The summed E-state index contributed by atoms with van der Waals surface area (Å²) in [4.78, 5) is 0. The molecule has 0 aliphatic carbocycles. The molecule has 1 N–H and O–H groups in total. The average molecular weight is 132 g/mol. The normalized spacial score (nSPS) is 13.0. The molecule has 8 heavy (non-hydrogen) atoms. The van der Waals surface area contributed by atoms with Crippen LogP contribution in [0.2, 0.25) is 0 Å². The van der Waals surface area contributed by atoms with E-state index in [9.17, 15) is 0 Å². The molecule has 0 aromatic carbocycles. The summed E-state index contributed by atoms with van der Waals surface area (Å²) < 4.78 is 0. The Morgan fingerprint density at radius 2 is 1.62 bits per heavy atom. The van der Waals surface area contributed by atoms with E-state index in [0.29, 0.717) is 10.7 Å². The number of hydrogen-bond donors (Lipinski definition) is 1. The summed E-state index contributed by atoms with van der Waals surface area (Å²) in [5.41, 5.74) is 1.41. The van der Waals surface area contributed by atoms with E-state index < -0.39 is 0 Å². The lowest BCUT2D eigenvalue weighted by Crippen LogP contribution is -1.90. The lowest BCUT2D eigenvalue weighted by Gasteiger charge is -1.95. The van der Waals surface area contributed by atoms with Crippen LogP contribution in [0.5, 0.6) is 0 Å². The molecular weight excluding hydrogens is 122 g/mol. The van der Waals surface area contributed by atoms with Crippen molar-refractivity contribution < 1.29 is 0 Å². The molecule has 0 rings (SSSR count). The van der Waals surface area contributed by atoms with E-state index in [4.69, 9.17) is 17.0 Å². The van der Waals surface area contributed by atoms with Crippen molar-refractivity contribution in [1.82, 2.24) is 0 Å². The first-order valence-corrected chi connectivity index (χ1v) is 2.82. The lowest BCUT2D eigenvalue weighted by molar-refractivity contribution is 1.39. The Morgan fingerprint density at radius 1 is 1.25 bits per heavy atom. The fraction of sp³-hybridized carbons (Fsp3) is 0.500. The van der Waals surface area contributed by atoms with E-state index >= 15 is 0 Å². The maximum absolute atomic E-state index is 7.09. The zero-order chi connectivity index (χ0) is 6.73. The van der Waals surface area contributed by atoms with Gasteiger partial charge in [-0.1, -0.05) is 11.6 Å². The van der Waals surface area contributed by atoms with Crippen molar-refractivity contribution in [3.8, 4) is 0 Å². The maximum atomic E-state index is 7.09. The summed E-state index contributed by atoms with van der Waals surface area (Å²) in [7, 11) is 0. The maximum Gasteiger partial charge on any atom is 0.0323 e. The van der Waals surface area contributed by atoms with Gasteiger partial charge in [-0.05, 0) is 26.3 Å². The fourth-order valence-electron chi connectivity index (χ4n) is 0.258. The van der Waals surface area contributed by atoms with Crippen molar-refractivity contribution >= 4 is 17.3 Å². The van der Waals surface area contributed by atoms with E-state index in [0.717, 1.165) is 5.57 Å². The van der Waals surface area contributed by atoms with E-state index in [1.165, 1.54) is 0 Å². The highest BCUT2D eigenvalue weighted by Gasteiger charge is 1.93. The predicted molar refractivity (Wildman–Crippen MR) is 37.6 cm³/mol. The zero-order valence-corrected chi connectivity index (χ0v) is 6.13. The van der Waals surface area contributed by atoms with Crippen LogP contribution in [0.3, 0.4) is 0 Å². The van der Waals surface area contributed by atoms with Gasteiger partial charge in [-0.3, -0.25) is 0 Å². The molecule has 0 spiro atoms. The van der Waals surface area contributed by atoms with Gasteiger partial charge in [0.15, 0.2) is 0 Å². The fourth-order valence-corrected chi connectivity index (χ4v) is 0.400. The Hall–Kier alpha value is -0.300. The topological polar surface area (TPSA) is 23.9 Å². The van der Waals surface area contributed by atoms with E-state index in [1.807, 2.05) is 6.92 Å². The van der Waals surface area contributed by atoms with Gasteiger partial charge < -0.3 is 5.41 Å². The highest BCUT2D eigenvalue weighted by atomic mass is 35.5. The summed E-state index contributed by atoms with van der Waals surface area (Å²) in [6, 6.07) is 0. The predicted octanol–water partition coefficient (Wildman–Crippen LogP) is 2.56. The van der Waals surface area contributed by atoms with Crippen LogP contribution in [-0.2, 0) is 0 Å². The van der Waals surface area contributed by atoms with Crippen molar-refractivity contribution in [2.24, 2.45) is 0 Å². The molecule has 0 saturated heterocycles. The van der Waals surface area contributed by atoms with Crippen molar-refractivity contribution in [2.45, 2.75) is 20.8 Å². The molecule has 1 nitrogen and oxygen atoms in total. The minimum absolute atomic E-state index is 0.539. The molecule has 0 unspecified atom stereocenters. The first kappa shape index (κ1) is 7.70. The Balaban J connectivity index is 4.23. The highest BCUT2D eigenvalue weighted by Crippen LogP contribution is 2.07. The summed E-state index contributed by atoms with van der Waals surface area (Å²) in [5.74, 6) is 0. The van der Waals surface area contributed by atoms with Gasteiger partial charge in [-0.25, -0.2) is 0 Å². The Bertz CT molecular complexity index is 131. The molecule has 0 amide bonds. The SMILES string of the molecule is CC(=N)/C(C)=C(/C)Cl. The van der Waals surface area contributed by atoms with Crippen LogP contribution in [0.15, 0.2) is 10.6 Å². The summed E-state index contributed by atoms with van der Waals surface area (Å²) >= 11 is 5.56. The summed E-state index contributed by atoms with van der Waals surface area (Å²) in [6.07, 6.45) is 0. The Morgan fingerprint density at radius 3 is 1.62 bits per heavy atom. The Kier molecular flexibility index (Phi) is 2.77. The van der Waals surface area contributed by atoms with Crippen LogP contribution in [0.25, 0.3) is 0 Å². The second kappa shape index (κ2) is 2.88. The molecule has 0 aromatic rings. The van der Waals surface area contributed by atoms with Crippen LogP contribution < -0.4 is 0 Å². The van der Waals surface area contributed by atoms with Gasteiger partial charge in [0.05, 0.1) is 0 Å². The smallest absolute Gasteiger partial charge is 0.0323 e. The average Bonchev–Trinajstić information content (AvgIpc) is 1.64. The van der Waals surface area contributed by atoms with Crippen LogP contribution in [-0.4, -0.2) is 5.71 Å². The van der Waals surface area contributed by atoms with E-state index in [-0.39, 0.29) is 0 Å². The monoisotopic (exact) mass is 131 g/mol. The quantitative estimate of drug-likeness (QED) is 0.529. The third-order valence-corrected chi connectivity index (χ3v) is 1.36. The third-order valence-electron chi connectivity index (χ3n) is 1.08. The summed E-state index contributed by atoms with van der Waals surface area (Å²) in [5, 5.41) is 7.79. The van der Waals surface area contributed by atoms with Gasteiger partial charge in [-0.2, -0.15) is 0 Å². The number of nitrogens with one attached hydrogen (secondary N) is 1. The van der Waals surface area contributed by atoms with Crippen LogP contribution in [0.4, 0.5) is 0 Å². The molecular formula is C6H10ClN.